The van der Waals surface area contributed by atoms with Gasteiger partial charge in [-0.15, -0.1) is 11.6 Å². The first-order valence-corrected chi connectivity index (χ1v) is 5.67. The summed E-state index contributed by atoms with van der Waals surface area (Å²) in [6.45, 7) is 3.64. The van der Waals surface area contributed by atoms with Gasteiger partial charge in [0.05, 0.1) is 11.4 Å². The van der Waals surface area contributed by atoms with Gasteiger partial charge in [-0.1, -0.05) is 0 Å². The Morgan fingerprint density at radius 3 is 2.65 bits per heavy atom. The fourth-order valence-corrected chi connectivity index (χ4v) is 1.42. The second-order valence-electron chi connectivity index (χ2n) is 3.53. The Hall–Kier alpha value is -1.62. The molecule has 0 aliphatic carbocycles. The predicted molar refractivity (Wildman–Crippen MR) is 66.2 cm³/mol. The number of carbonyl (C=O) groups excluding carboxylic acids is 2. The molecule has 6 heteroatoms. The minimum Gasteiger partial charge on any atom is -0.306 e. The van der Waals surface area contributed by atoms with Crippen LogP contribution in [0, 0.1) is 13.8 Å². The number of halogens is 1. The number of aromatic nitrogens is 1. The Bertz CT molecular complexity index is 435. The summed E-state index contributed by atoms with van der Waals surface area (Å²) < 4.78 is 0. The van der Waals surface area contributed by atoms with Crippen molar-refractivity contribution < 1.29 is 9.59 Å². The SMILES string of the molecule is Cc1ccc(NC(=O)NC(=O)CCCl)c(C)n1. The highest BCUT2D eigenvalue weighted by Gasteiger charge is 2.08. The molecule has 1 rings (SSSR count). The molecule has 0 aromatic carbocycles. The summed E-state index contributed by atoms with van der Waals surface area (Å²) in [5.41, 5.74) is 2.14. The summed E-state index contributed by atoms with van der Waals surface area (Å²) in [5, 5.41) is 4.72. The average molecular weight is 256 g/mol. The third kappa shape index (κ3) is 4.40. The number of urea groups is 1. The van der Waals surface area contributed by atoms with Gasteiger partial charge in [0.25, 0.3) is 0 Å². The number of imide groups is 1. The van der Waals surface area contributed by atoms with Crippen molar-refractivity contribution in [2.75, 3.05) is 11.2 Å². The van der Waals surface area contributed by atoms with E-state index in [0.717, 1.165) is 5.69 Å². The lowest BCUT2D eigenvalue weighted by Crippen LogP contribution is -2.34. The Morgan fingerprint density at radius 1 is 1.35 bits per heavy atom. The number of rotatable bonds is 3. The fraction of sp³-hybridized carbons (Fsp3) is 0.364. The van der Waals surface area contributed by atoms with Gasteiger partial charge in [0, 0.05) is 18.0 Å². The van der Waals surface area contributed by atoms with E-state index in [-0.39, 0.29) is 12.3 Å². The van der Waals surface area contributed by atoms with Gasteiger partial charge in [0.1, 0.15) is 0 Å². The minimum absolute atomic E-state index is 0.111. The monoisotopic (exact) mass is 255 g/mol. The molecule has 5 nitrogen and oxygen atoms in total. The molecule has 3 amide bonds. The van der Waals surface area contributed by atoms with Crippen LogP contribution in [-0.4, -0.2) is 22.8 Å². The first kappa shape index (κ1) is 13.4. The van der Waals surface area contributed by atoms with Crippen molar-refractivity contribution in [1.82, 2.24) is 10.3 Å². The molecule has 0 atom stereocenters. The van der Waals surface area contributed by atoms with E-state index in [9.17, 15) is 9.59 Å². The highest BCUT2D eigenvalue weighted by atomic mass is 35.5. The zero-order chi connectivity index (χ0) is 12.8. The quantitative estimate of drug-likeness (QED) is 0.812. The molecule has 0 unspecified atom stereocenters. The van der Waals surface area contributed by atoms with E-state index in [1.807, 2.05) is 6.92 Å². The van der Waals surface area contributed by atoms with Gasteiger partial charge < -0.3 is 5.32 Å². The van der Waals surface area contributed by atoms with Crippen LogP contribution in [-0.2, 0) is 4.79 Å². The molecule has 0 aliphatic heterocycles. The maximum Gasteiger partial charge on any atom is 0.325 e. The van der Waals surface area contributed by atoms with Crippen LogP contribution in [0.3, 0.4) is 0 Å². The van der Waals surface area contributed by atoms with Gasteiger partial charge in [0.2, 0.25) is 5.91 Å². The van der Waals surface area contributed by atoms with Crippen LogP contribution in [0.25, 0.3) is 0 Å². The van der Waals surface area contributed by atoms with Gasteiger partial charge in [-0.3, -0.25) is 15.1 Å². The lowest BCUT2D eigenvalue weighted by molar-refractivity contribution is -0.119. The third-order valence-electron chi connectivity index (χ3n) is 2.05. The highest BCUT2D eigenvalue weighted by Crippen LogP contribution is 2.12. The molecule has 1 heterocycles. The third-order valence-corrected chi connectivity index (χ3v) is 2.24. The van der Waals surface area contributed by atoms with Gasteiger partial charge in [0.15, 0.2) is 0 Å². The number of nitrogens with zero attached hydrogens (tertiary/aromatic N) is 1. The van der Waals surface area contributed by atoms with Crippen molar-refractivity contribution in [3.8, 4) is 0 Å². The maximum atomic E-state index is 11.4. The number of carbonyl (C=O) groups is 2. The van der Waals surface area contributed by atoms with Crippen LogP contribution in [0.1, 0.15) is 17.8 Å². The topological polar surface area (TPSA) is 71.1 Å². The fourth-order valence-electron chi connectivity index (χ4n) is 1.25. The molecule has 2 N–H and O–H groups in total. The highest BCUT2D eigenvalue weighted by molar-refractivity contribution is 6.19. The van der Waals surface area contributed by atoms with E-state index >= 15 is 0 Å². The number of pyridine rings is 1. The molecule has 0 spiro atoms. The Balaban J connectivity index is 2.59. The first-order chi connectivity index (χ1) is 8.02. The number of aryl methyl sites for hydroxylation is 2. The molecule has 17 heavy (non-hydrogen) atoms. The number of nitrogens with one attached hydrogen (secondary N) is 2. The van der Waals surface area contributed by atoms with E-state index in [1.54, 1.807) is 19.1 Å². The van der Waals surface area contributed by atoms with Crippen molar-refractivity contribution in [2.45, 2.75) is 20.3 Å². The normalized spacial score (nSPS) is 9.82. The van der Waals surface area contributed by atoms with E-state index in [2.05, 4.69) is 15.6 Å². The maximum absolute atomic E-state index is 11.4. The second-order valence-corrected chi connectivity index (χ2v) is 3.90. The van der Waals surface area contributed by atoms with E-state index in [0.29, 0.717) is 11.4 Å². The smallest absolute Gasteiger partial charge is 0.306 e. The number of hydrogen-bond acceptors (Lipinski definition) is 3. The molecule has 0 radical (unpaired) electrons. The van der Waals surface area contributed by atoms with E-state index in [4.69, 9.17) is 11.6 Å². The van der Waals surface area contributed by atoms with Crippen LogP contribution < -0.4 is 10.6 Å². The Kier molecular flexibility index (Phi) is 4.90. The summed E-state index contributed by atoms with van der Waals surface area (Å²) in [5.74, 6) is -0.222. The van der Waals surface area contributed by atoms with Crippen LogP contribution in [0.2, 0.25) is 0 Å². The van der Waals surface area contributed by atoms with Crippen molar-refractivity contribution in [3.63, 3.8) is 0 Å². The second kappa shape index (κ2) is 6.20. The van der Waals surface area contributed by atoms with Crippen LogP contribution >= 0.6 is 11.6 Å². The summed E-state index contributed by atoms with van der Waals surface area (Å²) in [7, 11) is 0. The van der Waals surface area contributed by atoms with Crippen molar-refractivity contribution in [3.05, 3.63) is 23.5 Å². The lowest BCUT2D eigenvalue weighted by atomic mass is 10.3. The molecule has 0 saturated carbocycles. The molecule has 0 bridgehead atoms. The minimum atomic E-state index is -0.575. The van der Waals surface area contributed by atoms with Crippen LogP contribution in [0.5, 0.6) is 0 Å². The van der Waals surface area contributed by atoms with E-state index < -0.39 is 11.9 Å². The standard InChI is InChI=1S/C11H14ClN3O2/c1-7-3-4-9(8(2)13-7)14-11(17)15-10(16)5-6-12/h3-4H,5-6H2,1-2H3,(H2,14,15,16,17). The lowest BCUT2D eigenvalue weighted by Gasteiger charge is -2.08. The Morgan fingerprint density at radius 2 is 2.06 bits per heavy atom. The zero-order valence-electron chi connectivity index (χ0n) is 9.71. The van der Waals surface area contributed by atoms with Gasteiger partial charge in [-0.2, -0.15) is 0 Å². The molecule has 1 aromatic rings. The van der Waals surface area contributed by atoms with Crippen LogP contribution in [0.4, 0.5) is 10.5 Å². The predicted octanol–water partition coefficient (Wildman–Crippen LogP) is 1.98. The van der Waals surface area contributed by atoms with Gasteiger partial charge in [-0.25, -0.2) is 4.79 Å². The van der Waals surface area contributed by atoms with Crippen molar-refractivity contribution in [1.29, 1.82) is 0 Å². The number of alkyl halides is 1. The largest absolute Gasteiger partial charge is 0.325 e. The molecule has 0 fully saturated rings. The summed E-state index contributed by atoms with van der Waals surface area (Å²) in [6, 6.07) is 2.95. The number of anilines is 1. The molecular weight excluding hydrogens is 242 g/mol. The molecule has 1 aromatic heterocycles. The molecular formula is C11H14ClN3O2. The average Bonchev–Trinajstić information content (AvgIpc) is 2.22. The van der Waals surface area contributed by atoms with Crippen molar-refractivity contribution in [2.24, 2.45) is 0 Å². The summed E-state index contributed by atoms with van der Waals surface area (Å²) >= 11 is 5.38. The summed E-state index contributed by atoms with van der Waals surface area (Å²) in [4.78, 5) is 26.7. The van der Waals surface area contributed by atoms with E-state index in [1.165, 1.54) is 0 Å². The number of hydrogen-bond donors (Lipinski definition) is 2. The molecule has 0 aliphatic rings. The zero-order valence-corrected chi connectivity index (χ0v) is 10.5. The number of amides is 3. The van der Waals surface area contributed by atoms with Crippen molar-refractivity contribution >= 4 is 29.2 Å². The molecule has 0 saturated heterocycles. The van der Waals surface area contributed by atoms with Gasteiger partial charge >= 0.3 is 6.03 Å². The first-order valence-electron chi connectivity index (χ1n) is 5.14. The van der Waals surface area contributed by atoms with Gasteiger partial charge in [-0.05, 0) is 26.0 Å². The Labute approximate surface area is 105 Å². The summed E-state index contributed by atoms with van der Waals surface area (Å²) in [6.07, 6.45) is 0.111. The molecule has 92 valence electrons. The van der Waals surface area contributed by atoms with Crippen LogP contribution in [0.15, 0.2) is 12.1 Å².